The smallest absolute Gasteiger partial charge is 0.232 e. The highest BCUT2D eigenvalue weighted by molar-refractivity contribution is 7.98. The van der Waals surface area contributed by atoms with Crippen LogP contribution in [0.4, 0.5) is 17.6 Å². The Morgan fingerprint density at radius 1 is 1.15 bits per heavy atom. The van der Waals surface area contributed by atoms with Gasteiger partial charge in [0.15, 0.2) is 5.16 Å². The van der Waals surface area contributed by atoms with Crippen LogP contribution in [0.5, 0.6) is 0 Å². The monoisotopic (exact) mass is 368 g/mol. The number of aromatic nitrogens is 6. The lowest BCUT2D eigenvalue weighted by molar-refractivity contribution is 0.736. The van der Waals surface area contributed by atoms with E-state index in [4.69, 9.17) is 5.73 Å². The van der Waals surface area contributed by atoms with Crippen molar-refractivity contribution in [3.05, 3.63) is 41.5 Å². The topological polar surface area (TPSA) is 107 Å². The van der Waals surface area contributed by atoms with Gasteiger partial charge in [0, 0.05) is 18.7 Å². The average Bonchev–Trinajstić information content (AvgIpc) is 3.38. The van der Waals surface area contributed by atoms with Crippen LogP contribution >= 0.6 is 11.8 Å². The Hall–Kier alpha value is -2.68. The molecule has 0 amide bonds. The quantitative estimate of drug-likeness (QED) is 0.640. The zero-order chi connectivity index (χ0) is 18.1. The van der Waals surface area contributed by atoms with E-state index in [0.29, 0.717) is 23.4 Å². The molecule has 134 valence electrons. The summed E-state index contributed by atoms with van der Waals surface area (Å²) in [5.41, 5.74) is 7.94. The third kappa shape index (κ3) is 3.77. The number of hydrogen-bond acceptors (Lipinski definition) is 8. The highest BCUT2D eigenvalue weighted by atomic mass is 32.2. The maximum absolute atomic E-state index is 5.84. The average molecular weight is 368 g/mol. The molecule has 1 aliphatic rings. The van der Waals surface area contributed by atoms with Gasteiger partial charge in [-0.25, -0.2) is 0 Å². The van der Waals surface area contributed by atoms with E-state index in [1.54, 1.807) is 11.8 Å². The molecule has 3 N–H and O–H groups in total. The molecular formula is C17H20N8S. The molecule has 2 heterocycles. The van der Waals surface area contributed by atoms with Crippen LogP contribution in [-0.2, 0) is 12.8 Å². The van der Waals surface area contributed by atoms with Crippen molar-refractivity contribution >= 4 is 29.3 Å². The molecule has 0 unspecified atom stereocenters. The maximum Gasteiger partial charge on any atom is 0.232 e. The number of nitrogens with zero attached hydrogens (tertiary/aromatic N) is 6. The molecule has 4 rings (SSSR count). The minimum absolute atomic E-state index is 0.196. The second kappa shape index (κ2) is 6.91. The third-order valence-electron chi connectivity index (χ3n) is 4.15. The molecule has 0 aliphatic heterocycles. The number of nitrogen functional groups attached to an aromatic ring is 1. The van der Waals surface area contributed by atoms with Gasteiger partial charge in [-0.15, -0.1) is 10.2 Å². The number of nitrogens with one attached hydrogen (secondary N) is 1. The summed E-state index contributed by atoms with van der Waals surface area (Å²) in [5, 5.41) is 12.6. The Morgan fingerprint density at radius 3 is 2.65 bits per heavy atom. The molecule has 1 aromatic carbocycles. The minimum Gasteiger partial charge on any atom is -0.368 e. The van der Waals surface area contributed by atoms with E-state index < -0.39 is 0 Å². The summed E-state index contributed by atoms with van der Waals surface area (Å²) >= 11 is 1.55. The molecule has 0 atom stereocenters. The molecule has 0 radical (unpaired) electrons. The van der Waals surface area contributed by atoms with Crippen molar-refractivity contribution in [1.82, 2.24) is 29.7 Å². The van der Waals surface area contributed by atoms with Gasteiger partial charge in [0.1, 0.15) is 11.6 Å². The van der Waals surface area contributed by atoms with E-state index in [0.717, 1.165) is 16.7 Å². The number of rotatable bonds is 6. The van der Waals surface area contributed by atoms with Crippen LogP contribution in [0.3, 0.4) is 0 Å². The molecule has 1 fully saturated rings. The molecule has 8 nitrogen and oxygen atoms in total. The first-order valence-corrected chi connectivity index (χ1v) is 9.43. The van der Waals surface area contributed by atoms with E-state index >= 15 is 0 Å². The number of nitrogens with two attached hydrogens (primary N) is 1. The number of thioether (sulfide) groups is 1. The second-order valence-electron chi connectivity index (χ2n) is 6.39. The van der Waals surface area contributed by atoms with Gasteiger partial charge in [0.2, 0.25) is 11.9 Å². The van der Waals surface area contributed by atoms with Gasteiger partial charge < -0.3 is 15.6 Å². The van der Waals surface area contributed by atoms with Gasteiger partial charge in [-0.2, -0.15) is 15.0 Å². The summed E-state index contributed by atoms with van der Waals surface area (Å²) in [6, 6.07) is 8.00. The minimum atomic E-state index is 0.196. The maximum atomic E-state index is 5.84. The van der Waals surface area contributed by atoms with Crippen molar-refractivity contribution in [3.63, 3.8) is 0 Å². The Labute approximate surface area is 155 Å². The first-order chi connectivity index (χ1) is 12.6. The molecule has 9 heteroatoms. The van der Waals surface area contributed by atoms with Gasteiger partial charge >= 0.3 is 0 Å². The summed E-state index contributed by atoms with van der Waals surface area (Å²) in [4.78, 5) is 12.8. The lowest BCUT2D eigenvalue weighted by atomic mass is 10.2. The Kier molecular flexibility index (Phi) is 4.46. The normalized spacial score (nSPS) is 13.8. The highest BCUT2D eigenvalue weighted by Gasteiger charge is 2.29. The summed E-state index contributed by atoms with van der Waals surface area (Å²) in [7, 11) is 2.00. The van der Waals surface area contributed by atoms with Crippen LogP contribution < -0.4 is 11.1 Å². The molecular weight excluding hydrogens is 348 g/mol. The van der Waals surface area contributed by atoms with E-state index in [9.17, 15) is 0 Å². The summed E-state index contributed by atoms with van der Waals surface area (Å²) in [6.45, 7) is 2.04. The van der Waals surface area contributed by atoms with Crippen LogP contribution in [0.1, 0.15) is 36.0 Å². The van der Waals surface area contributed by atoms with Crippen LogP contribution in [0.15, 0.2) is 29.4 Å². The fraction of sp³-hybridized carbons (Fsp3) is 0.353. The largest absolute Gasteiger partial charge is 0.368 e. The molecule has 1 aliphatic carbocycles. The van der Waals surface area contributed by atoms with Crippen LogP contribution in [0, 0.1) is 6.92 Å². The molecule has 1 saturated carbocycles. The Morgan fingerprint density at radius 2 is 1.92 bits per heavy atom. The first-order valence-electron chi connectivity index (χ1n) is 8.44. The van der Waals surface area contributed by atoms with Crippen molar-refractivity contribution < 1.29 is 0 Å². The van der Waals surface area contributed by atoms with Crippen molar-refractivity contribution in [1.29, 1.82) is 0 Å². The molecule has 0 saturated heterocycles. The lowest BCUT2D eigenvalue weighted by Gasteiger charge is -2.07. The molecule has 3 aromatic rings. The van der Waals surface area contributed by atoms with Gasteiger partial charge in [0.05, 0.1) is 5.75 Å². The molecule has 0 spiro atoms. The second-order valence-corrected chi connectivity index (χ2v) is 7.33. The fourth-order valence-electron chi connectivity index (χ4n) is 2.60. The van der Waals surface area contributed by atoms with Gasteiger partial charge in [0.25, 0.3) is 0 Å². The van der Waals surface area contributed by atoms with E-state index in [-0.39, 0.29) is 5.95 Å². The van der Waals surface area contributed by atoms with Crippen LogP contribution in [-0.4, -0.2) is 29.7 Å². The van der Waals surface area contributed by atoms with E-state index in [2.05, 4.69) is 35.0 Å². The Balaban J connectivity index is 1.46. The van der Waals surface area contributed by atoms with Gasteiger partial charge in [-0.1, -0.05) is 29.5 Å². The Bertz CT molecular complexity index is 917. The summed E-state index contributed by atoms with van der Waals surface area (Å²) in [5.74, 6) is 3.42. The predicted molar refractivity (Wildman–Crippen MR) is 101 cm³/mol. The number of benzene rings is 1. The van der Waals surface area contributed by atoms with Crippen molar-refractivity contribution in [3.8, 4) is 0 Å². The zero-order valence-corrected chi connectivity index (χ0v) is 15.5. The van der Waals surface area contributed by atoms with Crippen molar-refractivity contribution in [2.45, 2.75) is 36.6 Å². The van der Waals surface area contributed by atoms with Crippen LogP contribution in [0.2, 0.25) is 0 Å². The zero-order valence-electron chi connectivity index (χ0n) is 14.7. The van der Waals surface area contributed by atoms with Crippen molar-refractivity contribution in [2.24, 2.45) is 7.05 Å². The van der Waals surface area contributed by atoms with Crippen LogP contribution in [0.25, 0.3) is 0 Å². The number of hydrogen-bond donors (Lipinski definition) is 2. The fourth-order valence-corrected chi connectivity index (χ4v) is 3.38. The molecule has 26 heavy (non-hydrogen) atoms. The van der Waals surface area contributed by atoms with Gasteiger partial charge in [-0.3, -0.25) is 0 Å². The summed E-state index contributed by atoms with van der Waals surface area (Å²) in [6.07, 6.45) is 2.41. The first kappa shape index (κ1) is 16.8. The highest BCUT2D eigenvalue weighted by Crippen LogP contribution is 2.39. The van der Waals surface area contributed by atoms with E-state index in [1.165, 1.54) is 18.4 Å². The summed E-state index contributed by atoms with van der Waals surface area (Å²) < 4.78 is 2.05. The standard InChI is InChI=1S/C17H20N8S/c1-10-3-7-12(8-4-10)19-16-21-13(20-15(18)22-16)9-26-17-24-23-14(25(17)2)11-5-6-11/h3-4,7-8,11H,5-6,9H2,1-2H3,(H3,18,19,20,21,22). The lowest BCUT2D eigenvalue weighted by Crippen LogP contribution is -2.07. The van der Waals surface area contributed by atoms with E-state index in [1.807, 2.05) is 38.2 Å². The van der Waals surface area contributed by atoms with Gasteiger partial charge in [-0.05, 0) is 31.9 Å². The SMILES string of the molecule is Cc1ccc(Nc2nc(N)nc(CSc3nnc(C4CC4)n3C)n2)cc1. The van der Waals surface area contributed by atoms with Crippen molar-refractivity contribution in [2.75, 3.05) is 11.1 Å². The molecule has 0 bridgehead atoms. The third-order valence-corrected chi connectivity index (χ3v) is 5.16. The number of aryl methyl sites for hydroxylation is 1. The number of anilines is 3. The molecule has 2 aromatic heterocycles. The predicted octanol–water partition coefficient (Wildman–Crippen LogP) is 2.80.